The molecule has 1 amide bonds. The fourth-order valence-corrected chi connectivity index (χ4v) is 5.56. The van der Waals surface area contributed by atoms with Crippen molar-refractivity contribution in [2.24, 2.45) is 0 Å². The molecule has 3 N–H and O–H groups in total. The smallest absolute Gasteiger partial charge is 0.336 e. The molecule has 0 radical (unpaired) electrons. The topological polar surface area (TPSA) is 103 Å². The Morgan fingerprint density at radius 1 is 1.00 bits per heavy atom. The number of hydrogen-bond acceptors (Lipinski definition) is 5. The van der Waals surface area contributed by atoms with E-state index in [1.165, 1.54) is 28.2 Å². The molecule has 0 aliphatic carbocycles. The van der Waals surface area contributed by atoms with E-state index in [4.69, 9.17) is 0 Å². The molecule has 0 aliphatic rings. The van der Waals surface area contributed by atoms with E-state index in [9.17, 15) is 18.3 Å². The van der Waals surface area contributed by atoms with Crippen molar-refractivity contribution in [2.75, 3.05) is 11.1 Å². The van der Waals surface area contributed by atoms with Gasteiger partial charge >= 0.3 is 15.2 Å². The van der Waals surface area contributed by atoms with Gasteiger partial charge in [0.05, 0.1) is 5.75 Å². The summed E-state index contributed by atoms with van der Waals surface area (Å²) in [5.41, 5.74) is 1.60. The van der Waals surface area contributed by atoms with E-state index in [1.54, 1.807) is 54.6 Å². The van der Waals surface area contributed by atoms with Crippen LogP contribution in [0.3, 0.4) is 0 Å². The van der Waals surface area contributed by atoms with Gasteiger partial charge in [0.15, 0.2) is 11.0 Å². The lowest BCUT2D eigenvalue weighted by molar-refractivity contribution is -0.526. The second-order valence-electron chi connectivity index (χ2n) is 6.42. The molecular weight excluding hydrogens is 422 g/mol. The van der Waals surface area contributed by atoms with E-state index >= 15 is 0 Å². The molecule has 0 saturated carbocycles. The van der Waals surface area contributed by atoms with Gasteiger partial charge in [0.25, 0.3) is 0 Å². The summed E-state index contributed by atoms with van der Waals surface area (Å²) in [6.07, 6.45) is 0. The highest BCUT2D eigenvalue weighted by molar-refractivity contribution is 8.00. The standard InChI is InChI=1S/C21H17N3O4S2/c25-16-8-6-7-15(13-16)22-20(26)14-29-21-23-18-11-4-5-12-19(18)24(21)30(27,28)17-9-2-1-3-10-17/h1-13H,14H2,(H2,22,25,26)/p+1. The highest BCUT2D eigenvalue weighted by atomic mass is 32.2. The van der Waals surface area contributed by atoms with Gasteiger partial charge in [0.2, 0.25) is 5.91 Å². The summed E-state index contributed by atoms with van der Waals surface area (Å²) >= 11 is 1.08. The van der Waals surface area contributed by atoms with Crippen molar-refractivity contribution < 1.29 is 22.3 Å². The minimum Gasteiger partial charge on any atom is -0.508 e. The van der Waals surface area contributed by atoms with Crippen LogP contribution < -0.4 is 9.29 Å². The average molecular weight is 441 g/mol. The number of aromatic hydroxyl groups is 1. The number of phenolic OH excluding ortho intramolecular Hbond substituents is 1. The minimum atomic E-state index is -3.87. The Morgan fingerprint density at radius 3 is 2.50 bits per heavy atom. The van der Waals surface area contributed by atoms with Crippen LogP contribution in [-0.2, 0) is 14.8 Å². The number of benzene rings is 3. The van der Waals surface area contributed by atoms with Crippen molar-refractivity contribution in [3.63, 3.8) is 0 Å². The summed E-state index contributed by atoms with van der Waals surface area (Å²) in [4.78, 5) is 15.6. The largest absolute Gasteiger partial charge is 0.508 e. The average Bonchev–Trinajstić information content (AvgIpc) is 3.12. The van der Waals surface area contributed by atoms with Gasteiger partial charge in [0.1, 0.15) is 10.6 Å². The summed E-state index contributed by atoms with van der Waals surface area (Å²) < 4.78 is 27.8. The van der Waals surface area contributed by atoms with Gasteiger partial charge in [-0.3, -0.25) is 4.79 Å². The fourth-order valence-electron chi connectivity index (χ4n) is 2.98. The number of aromatic amines is 1. The highest BCUT2D eigenvalue weighted by Crippen LogP contribution is 2.22. The maximum absolute atomic E-state index is 13.3. The molecule has 0 saturated heterocycles. The van der Waals surface area contributed by atoms with Crippen LogP contribution in [0.15, 0.2) is 88.9 Å². The molecule has 9 heteroatoms. The van der Waals surface area contributed by atoms with Gasteiger partial charge in [-0.1, -0.05) is 36.4 Å². The number of nitrogens with zero attached hydrogens (tertiary/aromatic N) is 1. The number of para-hydroxylation sites is 2. The van der Waals surface area contributed by atoms with Crippen LogP contribution in [0.5, 0.6) is 5.75 Å². The molecule has 0 bridgehead atoms. The third-order valence-electron chi connectivity index (χ3n) is 4.30. The highest BCUT2D eigenvalue weighted by Gasteiger charge is 2.31. The Hall–Kier alpha value is -3.30. The lowest BCUT2D eigenvalue weighted by Gasteiger charge is -2.05. The number of anilines is 1. The number of carbonyl (C=O) groups is 1. The van der Waals surface area contributed by atoms with E-state index in [0.717, 1.165) is 11.8 Å². The minimum absolute atomic E-state index is 0.0210. The normalized spacial score (nSPS) is 11.5. The zero-order chi connectivity index (χ0) is 21.1. The predicted octanol–water partition coefficient (Wildman–Crippen LogP) is 3.13. The number of carbonyl (C=O) groups excluding carboxylic acids is 1. The summed E-state index contributed by atoms with van der Waals surface area (Å²) in [6, 6.07) is 21.4. The second kappa shape index (κ2) is 8.21. The number of amides is 1. The van der Waals surface area contributed by atoms with Crippen molar-refractivity contribution in [3.8, 4) is 5.75 Å². The van der Waals surface area contributed by atoms with Crippen LogP contribution in [-0.4, -0.2) is 30.2 Å². The van der Waals surface area contributed by atoms with Gasteiger partial charge in [0, 0.05) is 11.8 Å². The molecule has 7 nitrogen and oxygen atoms in total. The molecule has 4 aromatic rings. The van der Waals surface area contributed by atoms with Crippen LogP contribution in [0.2, 0.25) is 0 Å². The third kappa shape index (κ3) is 4.03. The molecule has 0 atom stereocenters. The third-order valence-corrected chi connectivity index (χ3v) is 7.11. The Balaban J connectivity index is 1.65. The first-order valence-electron chi connectivity index (χ1n) is 9.00. The number of H-pyrrole nitrogens is 1. The van der Waals surface area contributed by atoms with Gasteiger partial charge < -0.3 is 10.4 Å². The molecule has 0 spiro atoms. The Kier molecular flexibility index (Phi) is 5.47. The Labute approximate surface area is 177 Å². The molecule has 3 aromatic carbocycles. The van der Waals surface area contributed by atoms with E-state index in [2.05, 4.69) is 10.3 Å². The summed E-state index contributed by atoms with van der Waals surface area (Å²) in [6.45, 7) is 0. The van der Waals surface area contributed by atoms with Gasteiger partial charge in [-0.2, -0.15) is 8.42 Å². The maximum atomic E-state index is 13.3. The molecule has 0 aliphatic heterocycles. The molecular formula is C21H18N3O4S2+. The number of nitrogens with one attached hydrogen (secondary N) is 2. The number of hydrogen-bond donors (Lipinski definition) is 3. The van der Waals surface area contributed by atoms with Crippen LogP contribution in [0, 0.1) is 0 Å². The van der Waals surface area contributed by atoms with Crippen molar-refractivity contribution in [3.05, 3.63) is 78.9 Å². The molecule has 152 valence electrons. The number of fused-ring (bicyclic) bond motifs is 1. The van der Waals surface area contributed by atoms with Crippen molar-refractivity contribution in [2.45, 2.75) is 10.1 Å². The van der Waals surface area contributed by atoms with Crippen molar-refractivity contribution in [1.82, 2.24) is 4.98 Å². The predicted molar refractivity (Wildman–Crippen MR) is 115 cm³/mol. The number of thioether (sulfide) groups is 1. The number of phenols is 1. The molecule has 1 heterocycles. The first-order chi connectivity index (χ1) is 14.4. The number of imidazole rings is 1. The first-order valence-corrected chi connectivity index (χ1v) is 11.4. The molecule has 1 aromatic heterocycles. The van der Waals surface area contributed by atoms with E-state index < -0.39 is 10.0 Å². The Bertz CT molecular complexity index is 1320. The monoisotopic (exact) mass is 440 g/mol. The van der Waals surface area contributed by atoms with E-state index in [0.29, 0.717) is 21.9 Å². The summed E-state index contributed by atoms with van der Waals surface area (Å²) in [5, 5.41) is 12.5. The van der Waals surface area contributed by atoms with Crippen LogP contribution in [0.4, 0.5) is 5.69 Å². The first kappa shape index (κ1) is 20.0. The van der Waals surface area contributed by atoms with Crippen LogP contribution >= 0.6 is 11.8 Å². The zero-order valence-corrected chi connectivity index (χ0v) is 17.3. The molecule has 4 rings (SSSR count). The summed E-state index contributed by atoms with van der Waals surface area (Å²) in [7, 11) is -3.87. The van der Waals surface area contributed by atoms with E-state index in [1.807, 2.05) is 0 Å². The maximum Gasteiger partial charge on any atom is 0.336 e. The van der Waals surface area contributed by atoms with Gasteiger partial charge in [-0.05, 0) is 48.2 Å². The Morgan fingerprint density at radius 2 is 1.73 bits per heavy atom. The van der Waals surface area contributed by atoms with Crippen molar-refractivity contribution in [1.29, 1.82) is 0 Å². The number of rotatable bonds is 6. The second-order valence-corrected chi connectivity index (χ2v) is 9.17. The quantitative estimate of drug-likeness (QED) is 0.316. The van der Waals surface area contributed by atoms with Gasteiger partial charge in [-0.25, -0.2) is 4.98 Å². The molecule has 0 unspecified atom stereocenters. The SMILES string of the molecule is O=C(CSc1[nH]c2ccccc2[n+]1S(=O)(=O)c1ccccc1)Nc1cccc(O)c1. The van der Waals surface area contributed by atoms with E-state index in [-0.39, 0.29) is 22.3 Å². The molecule has 30 heavy (non-hydrogen) atoms. The van der Waals surface area contributed by atoms with Crippen molar-refractivity contribution >= 4 is 44.4 Å². The lowest BCUT2D eigenvalue weighted by Crippen LogP contribution is -2.44. The zero-order valence-electron chi connectivity index (χ0n) is 15.6. The fraction of sp³-hybridized carbons (Fsp3) is 0.0476. The van der Waals surface area contributed by atoms with Crippen LogP contribution in [0.1, 0.15) is 0 Å². The molecule has 0 fully saturated rings. The lowest BCUT2D eigenvalue weighted by atomic mass is 10.3. The number of aromatic nitrogens is 2. The van der Waals surface area contributed by atoms with Crippen LogP contribution in [0.25, 0.3) is 11.0 Å². The van der Waals surface area contributed by atoms with Gasteiger partial charge in [-0.15, -0.1) is 3.97 Å². The summed E-state index contributed by atoms with van der Waals surface area (Å²) in [5.74, 6) is -0.303.